The zero-order chi connectivity index (χ0) is 15.8. The first-order valence-corrected chi connectivity index (χ1v) is 6.87. The fourth-order valence-electron chi connectivity index (χ4n) is 1.72. The zero-order valence-electron chi connectivity index (χ0n) is 12.2. The van der Waals surface area contributed by atoms with Crippen molar-refractivity contribution in [2.75, 3.05) is 11.9 Å². The van der Waals surface area contributed by atoms with Gasteiger partial charge in [-0.05, 0) is 30.7 Å². The van der Waals surface area contributed by atoms with Gasteiger partial charge in [0.25, 0.3) is 0 Å². The second-order valence-electron chi connectivity index (χ2n) is 4.37. The van der Waals surface area contributed by atoms with Crippen LogP contribution in [0.25, 0.3) is 12.2 Å². The number of ether oxygens (including phenoxy) is 1. The molecule has 5 heteroatoms. The van der Waals surface area contributed by atoms with Crippen LogP contribution in [0.1, 0.15) is 18.2 Å². The number of pyridine rings is 1. The van der Waals surface area contributed by atoms with Gasteiger partial charge in [-0.2, -0.15) is 0 Å². The van der Waals surface area contributed by atoms with Crippen molar-refractivity contribution in [3.05, 3.63) is 59.8 Å². The summed E-state index contributed by atoms with van der Waals surface area (Å²) in [5, 5.41) is 2.41. The van der Waals surface area contributed by atoms with Crippen molar-refractivity contribution < 1.29 is 14.3 Å². The molecule has 0 saturated carbocycles. The quantitative estimate of drug-likeness (QED) is 0.696. The molecule has 0 fully saturated rings. The molecule has 1 heterocycles. The third-order valence-electron chi connectivity index (χ3n) is 2.72. The fraction of sp³-hybridized carbons (Fsp3) is 0.118. The lowest BCUT2D eigenvalue weighted by Gasteiger charge is -2.04. The molecule has 0 aliphatic rings. The smallest absolute Gasteiger partial charge is 0.397 e. The number of carbonyl (C=O) groups is 2. The number of hydrogen-bond donors (Lipinski definition) is 1. The largest absolute Gasteiger partial charge is 0.459 e. The van der Waals surface area contributed by atoms with E-state index < -0.39 is 11.9 Å². The first-order chi connectivity index (χ1) is 10.7. The molecule has 0 aliphatic heterocycles. The summed E-state index contributed by atoms with van der Waals surface area (Å²) >= 11 is 0. The molecule has 0 atom stereocenters. The number of rotatable bonds is 4. The predicted octanol–water partition coefficient (Wildman–Crippen LogP) is 2.75. The average Bonchev–Trinajstić information content (AvgIpc) is 2.54. The molecular weight excluding hydrogens is 280 g/mol. The van der Waals surface area contributed by atoms with E-state index >= 15 is 0 Å². The number of aromatic nitrogens is 1. The summed E-state index contributed by atoms with van der Waals surface area (Å²) in [6.07, 6.45) is 3.74. The van der Waals surface area contributed by atoms with Crippen LogP contribution in [-0.4, -0.2) is 23.5 Å². The fourth-order valence-corrected chi connectivity index (χ4v) is 1.72. The van der Waals surface area contributed by atoms with Gasteiger partial charge in [0.05, 0.1) is 12.3 Å². The van der Waals surface area contributed by atoms with Crippen LogP contribution in [0.2, 0.25) is 0 Å². The van der Waals surface area contributed by atoms with Gasteiger partial charge < -0.3 is 10.1 Å². The summed E-state index contributed by atoms with van der Waals surface area (Å²) < 4.78 is 4.62. The van der Waals surface area contributed by atoms with Gasteiger partial charge in [0.15, 0.2) is 0 Å². The number of benzene rings is 1. The van der Waals surface area contributed by atoms with Crippen molar-refractivity contribution in [2.45, 2.75) is 6.92 Å². The Labute approximate surface area is 128 Å². The monoisotopic (exact) mass is 296 g/mol. The van der Waals surface area contributed by atoms with E-state index in [0.717, 1.165) is 5.56 Å². The summed E-state index contributed by atoms with van der Waals surface area (Å²) in [5.74, 6) is -1.46. The minimum atomic E-state index is -0.922. The first-order valence-electron chi connectivity index (χ1n) is 6.87. The maximum Gasteiger partial charge on any atom is 0.397 e. The normalized spacial score (nSPS) is 10.4. The average molecular weight is 296 g/mol. The van der Waals surface area contributed by atoms with E-state index in [1.165, 1.54) is 0 Å². The number of nitrogens with zero attached hydrogens (tertiary/aromatic N) is 1. The molecule has 22 heavy (non-hydrogen) atoms. The standard InChI is InChI=1S/C17H16N2O3/c1-2-22-17(21)16(20)19-15-10-6-9-14(18-15)12-11-13-7-4-3-5-8-13/h3-12H,2H2,1H3,(H,18,19,20)/b12-11+. The van der Waals surface area contributed by atoms with E-state index in [-0.39, 0.29) is 6.61 Å². The van der Waals surface area contributed by atoms with Crippen LogP contribution in [0.15, 0.2) is 48.5 Å². The van der Waals surface area contributed by atoms with Crippen LogP contribution in [-0.2, 0) is 14.3 Å². The van der Waals surface area contributed by atoms with Crippen molar-refractivity contribution in [3.8, 4) is 0 Å². The Bertz CT molecular complexity index is 681. The Morgan fingerprint density at radius 1 is 1.09 bits per heavy atom. The van der Waals surface area contributed by atoms with Crippen molar-refractivity contribution in [1.29, 1.82) is 0 Å². The Balaban J connectivity index is 2.05. The first kappa shape index (κ1) is 15.4. The lowest BCUT2D eigenvalue weighted by molar-refractivity contribution is -0.152. The van der Waals surface area contributed by atoms with E-state index in [1.807, 2.05) is 42.5 Å². The Hall–Kier alpha value is -2.95. The molecule has 0 aliphatic carbocycles. The molecule has 1 aromatic heterocycles. The van der Waals surface area contributed by atoms with Crippen LogP contribution < -0.4 is 5.32 Å². The van der Waals surface area contributed by atoms with Crippen LogP contribution in [0.3, 0.4) is 0 Å². The number of amides is 1. The van der Waals surface area contributed by atoms with Crippen LogP contribution in [0.5, 0.6) is 0 Å². The summed E-state index contributed by atoms with van der Waals surface area (Å²) in [6, 6.07) is 15.0. The molecule has 0 radical (unpaired) electrons. The summed E-state index contributed by atoms with van der Waals surface area (Å²) in [4.78, 5) is 27.1. The molecule has 0 bridgehead atoms. The van der Waals surface area contributed by atoms with E-state index in [1.54, 1.807) is 25.1 Å². The molecule has 0 saturated heterocycles. The summed E-state index contributed by atoms with van der Waals surface area (Å²) in [5.41, 5.74) is 1.72. The Morgan fingerprint density at radius 3 is 2.59 bits per heavy atom. The predicted molar refractivity (Wildman–Crippen MR) is 84.9 cm³/mol. The highest BCUT2D eigenvalue weighted by Crippen LogP contribution is 2.09. The number of anilines is 1. The molecule has 1 N–H and O–H groups in total. The third-order valence-corrected chi connectivity index (χ3v) is 2.72. The highest BCUT2D eigenvalue weighted by molar-refractivity contribution is 6.37. The molecule has 1 amide bonds. The summed E-state index contributed by atoms with van der Waals surface area (Å²) in [6.45, 7) is 1.79. The molecule has 1 aromatic carbocycles. The molecule has 0 unspecified atom stereocenters. The van der Waals surface area contributed by atoms with Crippen LogP contribution >= 0.6 is 0 Å². The van der Waals surface area contributed by atoms with E-state index in [2.05, 4.69) is 15.0 Å². The number of hydrogen-bond acceptors (Lipinski definition) is 4. The van der Waals surface area contributed by atoms with Crippen molar-refractivity contribution >= 4 is 29.8 Å². The molecule has 5 nitrogen and oxygen atoms in total. The molecule has 112 valence electrons. The third kappa shape index (κ3) is 4.56. The van der Waals surface area contributed by atoms with Gasteiger partial charge in [0.2, 0.25) is 0 Å². The molecule has 0 spiro atoms. The van der Waals surface area contributed by atoms with Crippen LogP contribution in [0.4, 0.5) is 5.82 Å². The molecular formula is C17H16N2O3. The van der Waals surface area contributed by atoms with Crippen LogP contribution in [0, 0.1) is 0 Å². The van der Waals surface area contributed by atoms with Crippen molar-refractivity contribution in [3.63, 3.8) is 0 Å². The van der Waals surface area contributed by atoms with Gasteiger partial charge in [-0.25, -0.2) is 9.78 Å². The van der Waals surface area contributed by atoms with Gasteiger partial charge in [0.1, 0.15) is 5.82 Å². The minimum absolute atomic E-state index is 0.152. The second-order valence-corrected chi connectivity index (χ2v) is 4.37. The molecule has 2 aromatic rings. The van der Waals surface area contributed by atoms with E-state index in [9.17, 15) is 9.59 Å². The highest BCUT2D eigenvalue weighted by atomic mass is 16.5. The number of nitrogens with one attached hydrogen (secondary N) is 1. The van der Waals surface area contributed by atoms with Crippen molar-refractivity contribution in [1.82, 2.24) is 4.98 Å². The Morgan fingerprint density at radius 2 is 1.86 bits per heavy atom. The molecule has 2 rings (SSSR count). The van der Waals surface area contributed by atoms with E-state index in [0.29, 0.717) is 11.5 Å². The summed E-state index contributed by atoms with van der Waals surface area (Å²) in [7, 11) is 0. The lowest BCUT2D eigenvalue weighted by Crippen LogP contribution is -2.25. The minimum Gasteiger partial charge on any atom is -0.459 e. The topological polar surface area (TPSA) is 68.3 Å². The van der Waals surface area contributed by atoms with Gasteiger partial charge >= 0.3 is 11.9 Å². The van der Waals surface area contributed by atoms with Gasteiger partial charge in [-0.15, -0.1) is 0 Å². The number of esters is 1. The highest BCUT2D eigenvalue weighted by Gasteiger charge is 2.15. The second kappa shape index (κ2) is 7.73. The zero-order valence-corrected chi connectivity index (χ0v) is 12.2. The SMILES string of the molecule is CCOC(=O)C(=O)Nc1cccc(/C=C/c2ccccc2)n1. The maximum absolute atomic E-state index is 11.5. The number of carbonyl (C=O) groups excluding carboxylic acids is 2. The van der Waals surface area contributed by atoms with E-state index in [4.69, 9.17) is 0 Å². The van der Waals surface area contributed by atoms with Gasteiger partial charge in [-0.3, -0.25) is 4.79 Å². The van der Waals surface area contributed by atoms with Gasteiger partial charge in [-0.1, -0.05) is 42.5 Å². The maximum atomic E-state index is 11.5. The van der Waals surface area contributed by atoms with Crippen molar-refractivity contribution in [2.24, 2.45) is 0 Å². The Kier molecular flexibility index (Phi) is 5.43. The van der Waals surface area contributed by atoms with Gasteiger partial charge in [0, 0.05) is 0 Å². The lowest BCUT2D eigenvalue weighted by atomic mass is 10.2.